The van der Waals surface area contributed by atoms with Gasteiger partial charge in [-0.2, -0.15) is 0 Å². The van der Waals surface area contributed by atoms with E-state index >= 15 is 0 Å². The Bertz CT molecular complexity index is 1250. The molecule has 1 heterocycles. The molecule has 1 unspecified atom stereocenters. The molecule has 0 spiro atoms. The maximum atomic E-state index is 13.0. The van der Waals surface area contributed by atoms with Crippen molar-refractivity contribution in [3.05, 3.63) is 81.9 Å². The van der Waals surface area contributed by atoms with Gasteiger partial charge < -0.3 is 29.3 Å². The fourth-order valence-electron chi connectivity index (χ4n) is 4.40. The first-order valence-corrected chi connectivity index (χ1v) is 12.5. The van der Waals surface area contributed by atoms with Crippen molar-refractivity contribution in [3.63, 3.8) is 0 Å². The normalized spacial score (nSPS) is 15.5. The summed E-state index contributed by atoms with van der Waals surface area (Å²) in [5, 5.41) is 21.1. The number of nitrogens with zero attached hydrogens (tertiary/aromatic N) is 1. The van der Waals surface area contributed by atoms with Gasteiger partial charge in [0.25, 0.3) is 0 Å². The molecular formula is C29H32ClNO6. The third-order valence-electron chi connectivity index (χ3n) is 6.24. The van der Waals surface area contributed by atoms with Crippen molar-refractivity contribution in [3.8, 4) is 23.0 Å². The van der Waals surface area contributed by atoms with E-state index in [0.29, 0.717) is 24.5 Å². The molecule has 2 N–H and O–H groups in total. The molecule has 3 aromatic rings. The molecule has 0 fully saturated rings. The lowest BCUT2D eigenvalue weighted by Gasteiger charge is -2.29. The molecule has 1 aliphatic rings. The molecule has 0 aliphatic carbocycles. The second kappa shape index (κ2) is 10.8. The molecule has 0 radical (unpaired) electrons. The Hall–Kier alpha value is -3.58. The largest absolute Gasteiger partial charge is 0.508 e. The number of amides is 1. The summed E-state index contributed by atoms with van der Waals surface area (Å²) in [7, 11) is 1.61. The molecule has 0 saturated heterocycles. The van der Waals surface area contributed by atoms with Crippen molar-refractivity contribution in [2.75, 3.05) is 20.2 Å². The van der Waals surface area contributed by atoms with E-state index in [9.17, 15) is 15.0 Å². The second-order valence-corrected chi connectivity index (χ2v) is 10.4. The highest BCUT2D eigenvalue weighted by Gasteiger charge is 2.32. The van der Waals surface area contributed by atoms with Crippen LogP contribution in [0.5, 0.6) is 23.0 Å². The van der Waals surface area contributed by atoms with Gasteiger partial charge in [-0.25, -0.2) is 4.79 Å². The predicted molar refractivity (Wildman–Crippen MR) is 142 cm³/mol. The lowest BCUT2D eigenvalue weighted by Crippen LogP contribution is -2.39. The van der Waals surface area contributed by atoms with E-state index in [0.717, 1.165) is 28.0 Å². The topological polar surface area (TPSA) is 88.5 Å². The van der Waals surface area contributed by atoms with Crippen LogP contribution in [0.1, 0.15) is 48.9 Å². The minimum Gasteiger partial charge on any atom is -0.508 e. The predicted octanol–water partition coefficient (Wildman–Crippen LogP) is 6.26. The summed E-state index contributed by atoms with van der Waals surface area (Å²) in [6, 6.07) is 15.9. The zero-order valence-electron chi connectivity index (χ0n) is 21.5. The van der Waals surface area contributed by atoms with E-state index < -0.39 is 11.7 Å². The van der Waals surface area contributed by atoms with Crippen LogP contribution >= 0.6 is 11.6 Å². The van der Waals surface area contributed by atoms with E-state index in [-0.39, 0.29) is 29.8 Å². The summed E-state index contributed by atoms with van der Waals surface area (Å²) in [5.74, 6) is 0.706. The van der Waals surface area contributed by atoms with Crippen molar-refractivity contribution < 1.29 is 29.2 Å². The molecular weight excluding hydrogens is 494 g/mol. The number of carbonyl (C=O) groups excluding carboxylic acids is 1. The second-order valence-electron chi connectivity index (χ2n) is 10.1. The van der Waals surface area contributed by atoms with E-state index in [1.165, 1.54) is 0 Å². The van der Waals surface area contributed by atoms with Crippen LogP contribution in [0.3, 0.4) is 0 Å². The highest BCUT2D eigenvalue weighted by molar-refractivity contribution is 6.33. The van der Waals surface area contributed by atoms with Crippen LogP contribution in [0.4, 0.5) is 4.79 Å². The number of hydrogen-bond donors (Lipinski definition) is 2. The van der Waals surface area contributed by atoms with Crippen molar-refractivity contribution in [2.45, 2.75) is 45.3 Å². The number of methoxy groups -OCH3 is 1. The Labute approximate surface area is 222 Å². The maximum Gasteiger partial charge on any atom is 0.410 e. The molecule has 4 rings (SSSR count). The number of carbonyl (C=O) groups is 1. The third-order valence-corrected chi connectivity index (χ3v) is 6.64. The molecule has 1 amide bonds. The number of halogens is 1. The molecule has 1 atom stereocenters. The minimum absolute atomic E-state index is 0.0771. The van der Waals surface area contributed by atoms with Gasteiger partial charge in [-0.1, -0.05) is 35.9 Å². The lowest BCUT2D eigenvalue weighted by atomic mass is 9.87. The standard InChI is InChI=1S/C29H32ClNO6/c1-29(2,3)37-28(34)31-14-13-22-23(24(16-31)19-7-9-20(32)10-8-19)15-25(33)27(26(22)30)36-17-18-5-11-21(35-4)12-6-18/h5-12,15,24,32-33H,13-14,16-17H2,1-4H3. The van der Waals surface area contributed by atoms with Crippen molar-refractivity contribution in [1.82, 2.24) is 4.90 Å². The van der Waals surface area contributed by atoms with Crippen LogP contribution in [0, 0.1) is 0 Å². The SMILES string of the molecule is COc1ccc(COc2c(O)cc3c(c2Cl)CCN(C(=O)OC(C)(C)C)CC3c2ccc(O)cc2)cc1. The number of phenols is 2. The highest BCUT2D eigenvalue weighted by Crippen LogP contribution is 2.45. The molecule has 0 saturated carbocycles. The summed E-state index contributed by atoms with van der Waals surface area (Å²) in [5.41, 5.74) is 2.73. The van der Waals surface area contributed by atoms with Crippen LogP contribution in [-0.4, -0.2) is 47.0 Å². The molecule has 196 valence electrons. The summed E-state index contributed by atoms with van der Waals surface area (Å²) < 4.78 is 16.8. The summed E-state index contributed by atoms with van der Waals surface area (Å²) in [6.07, 6.45) is 0.0432. The van der Waals surface area contributed by atoms with Gasteiger partial charge in [-0.3, -0.25) is 0 Å². The Balaban J connectivity index is 1.69. The Morgan fingerprint density at radius 1 is 1.08 bits per heavy atom. The number of aromatic hydroxyl groups is 2. The van der Waals surface area contributed by atoms with Gasteiger partial charge in [0.1, 0.15) is 23.7 Å². The van der Waals surface area contributed by atoms with E-state index in [1.807, 2.05) is 45.0 Å². The summed E-state index contributed by atoms with van der Waals surface area (Å²) in [6.45, 7) is 6.41. The van der Waals surface area contributed by atoms with Crippen LogP contribution in [0.15, 0.2) is 54.6 Å². The van der Waals surface area contributed by atoms with Gasteiger partial charge in [-0.15, -0.1) is 0 Å². The number of fused-ring (bicyclic) bond motifs is 1. The number of hydrogen-bond acceptors (Lipinski definition) is 6. The number of benzene rings is 3. The van der Waals surface area contributed by atoms with Crippen molar-refractivity contribution in [2.24, 2.45) is 0 Å². The first kappa shape index (κ1) is 26.5. The van der Waals surface area contributed by atoms with E-state index in [4.69, 9.17) is 25.8 Å². The van der Waals surface area contributed by atoms with Crippen LogP contribution < -0.4 is 9.47 Å². The molecule has 0 bridgehead atoms. The zero-order valence-corrected chi connectivity index (χ0v) is 22.2. The lowest BCUT2D eigenvalue weighted by molar-refractivity contribution is 0.0251. The summed E-state index contributed by atoms with van der Waals surface area (Å²) in [4.78, 5) is 14.7. The first-order chi connectivity index (χ1) is 17.6. The van der Waals surface area contributed by atoms with Gasteiger partial charge in [-0.05, 0) is 79.8 Å². The highest BCUT2D eigenvalue weighted by atomic mass is 35.5. The molecule has 0 aromatic heterocycles. The summed E-state index contributed by atoms with van der Waals surface area (Å²) >= 11 is 6.85. The average molecular weight is 526 g/mol. The van der Waals surface area contributed by atoms with E-state index in [1.54, 1.807) is 42.3 Å². The monoisotopic (exact) mass is 525 g/mol. The van der Waals surface area contributed by atoms with Gasteiger partial charge in [0, 0.05) is 19.0 Å². The quantitative estimate of drug-likeness (QED) is 0.408. The zero-order chi connectivity index (χ0) is 26.7. The van der Waals surface area contributed by atoms with Gasteiger partial charge in [0.2, 0.25) is 0 Å². The Morgan fingerprint density at radius 3 is 2.38 bits per heavy atom. The smallest absolute Gasteiger partial charge is 0.410 e. The van der Waals surface area contributed by atoms with Gasteiger partial charge in [0.15, 0.2) is 11.5 Å². The first-order valence-electron chi connectivity index (χ1n) is 12.1. The average Bonchev–Trinajstić information content (AvgIpc) is 3.04. The van der Waals surface area contributed by atoms with Crippen LogP contribution in [0.2, 0.25) is 5.02 Å². The number of ether oxygens (including phenoxy) is 3. The fraction of sp³-hybridized carbons (Fsp3) is 0.345. The fourth-order valence-corrected chi connectivity index (χ4v) is 4.75. The molecule has 7 nitrogen and oxygen atoms in total. The number of phenolic OH excluding ortho intramolecular Hbond substituents is 2. The Kier molecular flexibility index (Phi) is 7.73. The maximum absolute atomic E-state index is 13.0. The van der Waals surface area contributed by atoms with Crippen molar-refractivity contribution >= 4 is 17.7 Å². The Morgan fingerprint density at radius 2 is 1.76 bits per heavy atom. The molecule has 8 heteroatoms. The van der Waals surface area contributed by atoms with Crippen molar-refractivity contribution in [1.29, 1.82) is 0 Å². The van der Waals surface area contributed by atoms with Crippen LogP contribution in [-0.2, 0) is 17.8 Å². The van der Waals surface area contributed by atoms with E-state index in [2.05, 4.69) is 0 Å². The molecule has 37 heavy (non-hydrogen) atoms. The van der Waals surface area contributed by atoms with Gasteiger partial charge in [0.05, 0.1) is 12.1 Å². The molecule has 1 aliphatic heterocycles. The third kappa shape index (κ3) is 6.23. The van der Waals surface area contributed by atoms with Crippen LogP contribution in [0.25, 0.3) is 0 Å². The minimum atomic E-state index is -0.636. The number of rotatable bonds is 5. The molecule has 3 aromatic carbocycles. The van der Waals surface area contributed by atoms with Gasteiger partial charge >= 0.3 is 6.09 Å².